The molecule has 1 aromatic heterocycles. The van der Waals surface area contributed by atoms with Crippen molar-refractivity contribution in [2.45, 2.75) is 140 Å². The molecule has 3 atom stereocenters. The van der Waals surface area contributed by atoms with E-state index in [0.717, 1.165) is 132 Å². The van der Waals surface area contributed by atoms with Crippen LogP contribution < -0.4 is 25.8 Å². The predicted octanol–water partition coefficient (Wildman–Crippen LogP) is 3.80. The van der Waals surface area contributed by atoms with E-state index in [0.29, 0.717) is 104 Å². The average molecular weight is 1390 g/mol. The van der Waals surface area contributed by atoms with E-state index in [1.54, 1.807) is 0 Å². The van der Waals surface area contributed by atoms with Gasteiger partial charge in [-0.1, -0.05) is 62.8 Å². The number of nitrogens with zero attached hydrogens (tertiary/aromatic N) is 10. The van der Waals surface area contributed by atoms with Crippen LogP contribution in [0, 0.1) is 57.0 Å². The Morgan fingerprint density at radius 2 is 1.11 bits per heavy atom. The molecule has 0 bridgehead atoms. The molecule has 1 aromatic carbocycles. The van der Waals surface area contributed by atoms with Crippen LogP contribution in [0.2, 0.25) is 0 Å². The fourth-order valence-corrected chi connectivity index (χ4v) is 11.1. The molecule has 3 aliphatic heterocycles. The Hall–Kier alpha value is -4.68. The summed E-state index contributed by atoms with van der Waals surface area (Å²) in [4.78, 5) is 110. The van der Waals surface area contributed by atoms with Crippen molar-refractivity contribution in [1.29, 1.82) is 0 Å². The molecule has 0 aliphatic carbocycles. The van der Waals surface area contributed by atoms with Crippen LogP contribution in [-0.4, -0.2) is 249 Å². The van der Waals surface area contributed by atoms with E-state index in [4.69, 9.17) is 30.6 Å². The maximum atomic E-state index is 12.4. The van der Waals surface area contributed by atoms with E-state index in [1.165, 1.54) is 26.1 Å². The third-order valence-corrected chi connectivity index (χ3v) is 16.2. The second-order valence-electron chi connectivity index (χ2n) is 22.6. The molecule has 87 heavy (non-hydrogen) atoms. The number of nitrogens with one attached hydrogen (secondary N) is 3. The van der Waals surface area contributed by atoms with Gasteiger partial charge in [0.2, 0.25) is 17.8 Å². The molecule has 28 heteroatoms. The number of carboxylic acid groups (broad SMARTS) is 4. The topological polar surface area (TPSA) is 340 Å². The first-order valence-corrected chi connectivity index (χ1v) is 30.8. The summed E-state index contributed by atoms with van der Waals surface area (Å²) in [6, 6.07) is 4.57. The van der Waals surface area contributed by atoms with Gasteiger partial charge < -0.3 is 77.6 Å². The Bertz CT molecular complexity index is 2320. The van der Waals surface area contributed by atoms with E-state index in [-0.39, 0.29) is 68.2 Å². The van der Waals surface area contributed by atoms with Gasteiger partial charge in [-0.3, -0.25) is 34.7 Å². The molecular weight excluding hydrogens is 1290 g/mol. The van der Waals surface area contributed by atoms with Gasteiger partial charge in [0.1, 0.15) is 17.9 Å². The van der Waals surface area contributed by atoms with Crippen LogP contribution >= 0.6 is 0 Å². The summed E-state index contributed by atoms with van der Waals surface area (Å²) in [6.45, 7) is 19.1. The van der Waals surface area contributed by atoms with Gasteiger partial charge in [0.25, 0.3) is 0 Å². The Balaban J connectivity index is 0.0000162. The summed E-state index contributed by atoms with van der Waals surface area (Å²) in [5.74, 6) is -2.72. The van der Waals surface area contributed by atoms with E-state index in [1.807, 2.05) is 4.90 Å². The Kier molecular flexibility index (Phi) is 37.1. The largest absolute Gasteiger partial charge is 3.00 e. The molecule has 0 radical (unpaired) electrons. The minimum absolute atomic E-state index is 0. The maximum Gasteiger partial charge on any atom is 3.00 e. The van der Waals surface area contributed by atoms with E-state index < -0.39 is 48.4 Å². The van der Waals surface area contributed by atoms with E-state index in [9.17, 15) is 44.1 Å². The van der Waals surface area contributed by atoms with Gasteiger partial charge in [0.15, 0.2) is 0 Å². The second kappa shape index (κ2) is 43.1. The van der Waals surface area contributed by atoms with Crippen molar-refractivity contribution >= 4 is 47.7 Å². The van der Waals surface area contributed by atoms with Crippen molar-refractivity contribution in [2.24, 2.45) is 0 Å². The number of benzene rings is 1. The van der Waals surface area contributed by atoms with Gasteiger partial charge in [0.05, 0.1) is 6.54 Å². The number of hydrogen-bond acceptors (Lipinski definition) is 20. The number of anilines is 2. The predicted molar refractivity (Wildman–Crippen MR) is 321 cm³/mol. The number of carbonyl (C=O) groups excluding carboxylic acids is 2. The Morgan fingerprint density at radius 1 is 0.586 bits per heavy atom. The van der Waals surface area contributed by atoms with Crippen molar-refractivity contribution in [3.8, 4) is 0 Å². The van der Waals surface area contributed by atoms with Crippen LogP contribution in [-0.2, 0) is 46.6 Å². The zero-order valence-electron chi connectivity index (χ0n) is 50.5. The van der Waals surface area contributed by atoms with Crippen molar-refractivity contribution in [2.75, 3.05) is 134 Å². The first-order valence-electron chi connectivity index (χ1n) is 30.8. The molecule has 3 amide bonds. The molecule has 5 rings (SSSR count). The van der Waals surface area contributed by atoms with Gasteiger partial charge in [0, 0.05) is 117 Å². The number of urea groups is 1. The van der Waals surface area contributed by atoms with Crippen LogP contribution in [0.15, 0.2) is 24.3 Å². The minimum Gasteiger partial charge on any atom is -0.481 e. The zero-order valence-corrected chi connectivity index (χ0v) is 52.1. The monoisotopic (exact) mass is 1390 g/mol. The number of hydrogen-bond donors (Lipinski definition) is 9. The standard InChI is InChI=1S/C59H96N13O14.Lu/c1-2-66-28-29-68(38-40-85-83)30-31-69(39-41-86-84)34-37-72(45-54(76)77)48(44-66)42-46-18-20-47(21-19-46)43-51-63-57(70-26-14-9-15-27-70)65-58(64-51)71-35-32-67(33-36-71)25-13-8-6-4-3-5-7-10-17-52(73)60-24-12-11-16-49(55(78)79)61-59(82)62-50(56(80)81)22-23-53(74)75;/h18-21,40-41,48-50,83-84H,1-17,22-39,42-45H2,(H,60,73)(H,74,75)(H,76,77)(H,78,79)(H,80,81)(H2,61,62,82);/q-3;+3/t48?,49-,50-;/m0./s1. The number of aromatic nitrogens is 3. The van der Waals surface area contributed by atoms with E-state index >= 15 is 0 Å². The summed E-state index contributed by atoms with van der Waals surface area (Å²) >= 11 is 0. The van der Waals surface area contributed by atoms with Crippen LogP contribution in [0.1, 0.15) is 126 Å². The molecule has 3 saturated heterocycles. The quantitative estimate of drug-likeness (QED) is 0.0200. The molecule has 3 aliphatic rings. The van der Waals surface area contributed by atoms with Crippen molar-refractivity contribution in [1.82, 2.24) is 55.4 Å². The van der Waals surface area contributed by atoms with Crippen LogP contribution in [0.25, 0.3) is 0 Å². The Labute approximate surface area is 541 Å². The molecule has 9 N–H and O–H groups in total. The van der Waals surface area contributed by atoms with Crippen molar-refractivity contribution in [3.05, 3.63) is 61.4 Å². The number of carbonyl (C=O) groups is 6. The molecule has 1 unspecified atom stereocenters. The first-order chi connectivity index (χ1) is 41.6. The minimum atomic E-state index is -1.48. The number of piperidine rings is 1. The normalized spacial score (nSPS) is 17.9. The van der Waals surface area contributed by atoms with Gasteiger partial charge >= 0.3 is 66.8 Å². The molecular formula is C59H96LuN13O14. The number of amides is 3. The summed E-state index contributed by atoms with van der Waals surface area (Å²) < 4.78 is 0. The van der Waals surface area contributed by atoms with E-state index in [2.05, 4.69) is 86.3 Å². The first kappa shape index (κ1) is 74.8. The third-order valence-electron chi connectivity index (χ3n) is 16.2. The fourth-order valence-electron chi connectivity index (χ4n) is 11.1. The molecule has 0 spiro atoms. The summed E-state index contributed by atoms with van der Waals surface area (Å²) in [6.07, 6.45) is 13.6. The van der Waals surface area contributed by atoms with Crippen LogP contribution in [0.4, 0.5) is 16.7 Å². The number of aliphatic carboxylic acids is 4. The van der Waals surface area contributed by atoms with Gasteiger partial charge in [-0.2, -0.15) is 28.2 Å². The smallest absolute Gasteiger partial charge is 0.481 e. The molecule has 496 valence electrons. The summed E-state index contributed by atoms with van der Waals surface area (Å²) in [7, 11) is 0. The van der Waals surface area contributed by atoms with Crippen LogP contribution in [0.3, 0.4) is 0 Å². The van der Waals surface area contributed by atoms with Crippen molar-refractivity contribution in [3.63, 3.8) is 0 Å². The number of carboxylic acids is 4. The summed E-state index contributed by atoms with van der Waals surface area (Å²) in [5, 5.41) is 63.0. The number of piperazine rings is 1. The Morgan fingerprint density at radius 3 is 1.68 bits per heavy atom. The van der Waals surface area contributed by atoms with Gasteiger partial charge in [-0.05, 0) is 81.9 Å². The third kappa shape index (κ3) is 30.1. The molecule has 3 fully saturated rings. The SMILES string of the molecule is [CH2-]CN1CCN(C[CH-]OO)CCN(C[CH-]OO)CCN(CC(=O)O)C(Cc2ccc(Cc3nc(N4CCCCC4)nc(N4CCN(CCCCCCCCCCC(=O)NCCCC[C@H](NC(=O)N[C@@H](CCC(=O)O)C(=O)O)C(=O)O)CC4)n3)cc2)C1.[Lu+3]. The van der Waals surface area contributed by atoms with Crippen LogP contribution in [0.5, 0.6) is 0 Å². The van der Waals surface area contributed by atoms with Gasteiger partial charge in [-0.15, -0.1) is 19.6 Å². The van der Waals surface area contributed by atoms with Gasteiger partial charge in [-0.25, -0.2) is 14.4 Å². The zero-order chi connectivity index (χ0) is 61.9. The molecule has 27 nitrogen and oxygen atoms in total. The average Bonchev–Trinajstić information content (AvgIpc) is 2.55. The molecule has 0 saturated carbocycles. The van der Waals surface area contributed by atoms with Crippen molar-refractivity contribution < 1.29 is 106 Å². The number of rotatable bonds is 38. The second-order valence-corrected chi connectivity index (χ2v) is 22.6. The fraction of sp³-hybridized carbons (Fsp3) is 0.695. The molecule has 4 heterocycles. The number of unbranched alkanes of at least 4 members (excludes halogenated alkanes) is 8. The summed E-state index contributed by atoms with van der Waals surface area (Å²) in [5.41, 5.74) is 2.15. The maximum absolute atomic E-state index is 12.4. The molecule has 2 aromatic rings.